The number of nitrogens with zero attached hydrogens (tertiary/aromatic N) is 1. The molecule has 0 spiro atoms. The lowest BCUT2D eigenvalue weighted by atomic mass is 10.1. The summed E-state index contributed by atoms with van der Waals surface area (Å²) in [4.78, 5) is 13.7. The van der Waals surface area contributed by atoms with Crippen molar-refractivity contribution < 1.29 is 14.3 Å². The molecule has 1 aliphatic rings. The van der Waals surface area contributed by atoms with Crippen LogP contribution in [0.2, 0.25) is 0 Å². The summed E-state index contributed by atoms with van der Waals surface area (Å²) < 4.78 is 11.0. The van der Waals surface area contributed by atoms with E-state index in [-0.39, 0.29) is 11.9 Å². The Morgan fingerprint density at radius 2 is 2.05 bits per heavy atom. The van der Waals surface area contributed by atoms with Crippen molar-refractivity contribution in [2.24, 2.45) is 0 Å². The predicted molar refractivity (Wildman–Crippen MR) is 77.0 cm³/mol. The minimum Gasteiger partial charge on any atom is -0.486 e. The molecule has 1 amide bonds. The number of fused-ring (bicyclic) bond motifs is 1. The molecule has 0 saturated carbocycles. The molecule has 5 nitrogen and oxygen atoms in total. The van der Waals surface area contributed by atoms with E-state index in [9.17, 15) is 4.79 Å². The van der Waals surface area contributed by atoms with Crippen molar-refractivity contribution in [1.29, 1.82) is 0 Å². The molecule has 0 unspecified atom stereocenters. The van der Waals surface area contributed by atoms with Gasteiger partial charge in [0.1, 0.15) is 13.2 Å². The van der Waals surface area contributed by atoms with Crippen LogP contribution in [-0.4, -0.2) is 43.7 Å². The third-order valence-corrected chi connectivity index (χ3v) is 3.44. The zero-order valence-corrected chi connectivity index (χ0v) is 12.3. The van der Waals surface area contributed by atoms with Gasteiger partial charge in [0, 0.05) is 20.1 Å². The van der Waals surface area contributed by atoms with Gasteiger partial charge in [-0.25, -0.2) is 0 Å². The van der Waals surface area contributed by atoms with E-state index < -0.39 is 0 Å². The van der Waals surface area contributed by atoms with Crippen LogP contribution < -0.4 is 14.8 Å². The lowest BCUT2D eigenvalue weighted by Gasteiger charge is -2.21. The van der Waals surface area contributed by atoms with Crippen molar-refractivity contribution in [2.75, 3.05) is 26.8 Å². The molecule has 0 fully saturated rings. The molecule has 0 saturated heterocycles. The number of ether oxygens (including phenoxy) is 2. The van der Waals surface area contributed by atoms with Crippen molar-refractivity contribution in [3.8, 4) is 11.5 Å². The third kappa shape index (κ3) is 3.42. The third-order valence-electron chi connectivity index (χ3n) is 3.44. The zero-order valence-electron chi connectivity index (χ0n) is 12.3. The molecule has 20 heavy (non-hydrogen) atoms. The van der Waals surface area contributed by atoms with Gasteiger partial charge >= 0.3 is 0 Å². The number of amides is 1. The van der Waals surface area contributed by atoms with Gasteiger partial charge in [-0.15, -0.1) is 0 Å². The van der Waals surface area contributed by atoms with Gasteiger partial charge in [0.25, 0.3) is 0 Å². The van der Waals surface area contributed by atoms with E-state index in [1.807, 2.05) is 39.1 Å². The normalized spacial score (nSPS) is 14.8. The minimum atomic E-state index is -0.201. The standard InChI is InChI=1S/C15H22N2O3/c1-4-17(3)15(18)11(2)16-10-12-5-6-13-14(9-12)20-8-7-19-13/h5-6,9,11,16H,4,7-8,10H2,1-3H3/t11-/m0/s1. The molecule has 5 heteroatoms. The van der Waals surface area contributed by atoms with E-state index in [0.29, 0.717) is 19.8 Å². The molecular formula is C15H22N2O3. The topological polar surface area (TPSA) is 50.8 Å². The van der Waals surface area contributed by atoms with Gasteiger partial charge in [-0.3, -0.25) is 4.79 Å². The summed E-state index contributed by atoms with van der Waals surface area (Å²) in [6, 6.07) is 5.66. The summed E-state index contributed by atoms with van der Waals surface area (Å²) >= 11 is 0. The summed E-state index contributed by atoms with van der Waals surface area (Å²) in [6.07, 6.45) is 0. The maximum Gasteiger partial charge on any atom is 0.239 e. The number of nitrogens with one attached hydrogen (secondary N) is 1. The molecule has 1 aliphatic heterocycles. The summed E-state index contributed by atoms with van der Waals surface area (Å²) in [5, 5.41) is 3.23. The number of carbonyl (C=O) groups excluding carboxylic acids is 1. The van der Waals surface area contributed by atoms with Gasteiger partial charge < -0.3 is 19.7 Å². The van der Waals surface area contributed by atoms with Crippen LogP contribution in [-0.2, 0) is 11.3 Å². The van der Waals surface area contributed by atoms with E-state index >= 15 is 0 Å². The Labute approximate surface area is 119 Å². The van der Waals surface area contributed by atoms with Crippen LogP contribution in [0.15, 0.2) is 18.2 Å². The number of carbonyl (C=O) groups is 1. The first-order valence-corrected chi connectivity index (χ1v) is 6.98. The first-order valence-electron chi connectivity index (χ1n) is 6.98. The van der Waals surface area contributed by atoms with Gasteiger partial charge in [0.05, 0.1) is 6.04 Å². The van der Waals surface area contributed by atoms with Gasteiger partial charge in [0.15, 0.2) is 11.5 Å². The molecule has 1 aromatic rings. The SMILES string of the molecule is CCN(C)C(=O)[C@H](C)NCc1ccc2c(c1)OCCO2. The van der Waals surface area contributed by atoms with Crippen LogP contribution in [0.3, 0.4) is 0 Å². The number of hydrogen-bond donors (Lipinski definition) is 1. The molecule has 0 radical (unpaired) electrons. The molecule has 1 N–H and O–H groups in total. The second kappa shape index (κ2) is 6.61. The van der Waals surface area contributed by atoms with Crippen molar-refractivity contribution in [2.45, 2.75) is 26.4 Å². The minimum absolute atomic E-state index is 0.102. The fourth-order valence-electron chi connectivity index (χ4n) is 2.04. The van der Waals surface area contributed by atoms with Crippen LogP contribution in [0, 0.1) is 0 Å². The lowest BCUT2D eigenvalue weighted by molar-refractivity contribution is -0.131. The fourth-order valence-corrected chi connectivity index (χ4v) is 2.04. The highest BCUT2D eigenvalue weighted by molar-refractivity contribution is 5.81. The van der Waals surface area contributed by atoms with Crippen molar-refractivity contribution in [3.63, 3.8) is 0 Å². The Hall–Kier alpha value is -1.75. The highest BCUT2D eigenvalue weighted by Crippen LogP contribution is 2.30. The van der Waals surface area contributed by atoms with E-state index in [4.69, 9.17) is 9.47 Å². The highest BCUT2D eigenvalue weighted by Gasteiger charge is 2.16. The Balaban J connectivity index is 1.92. The van der Waals surface area contributed by atoms with Gasteiger partial charge in [-0.1, -0.05) is 6.07 Å². The average Bonchev–Trinajstić information content (AvgIpc) is 2.50. The zero-order chi connectivity index (χ0) is 14.5. The molecule has 1 aromatic carbocycles. The van der Waals surface area contributed by atoms with Crippen LogP contribution in [0.1, 0.15) is 19.4 Å². The summed E-state index contributed by atoms with van der Waals surface area (Å²) in [5.41, 5.74) is 1.08. The van der Waals surface area contributed by atoms with E-state index in [0.717, 1.165) is 23.6 Å². The number of benzene rings is 1. The second-order valence-corrected chi connectivity index (χ2v) is 4.93. The first-order chi connectivity index (χ1) is 9.61. The van der Waals surface area contributed by atoms with E-state index in [2.05, 4.69) is 5.32 Å². The smallest absolute Gasteiger partial charge is 0.239 e. The molecule has 1 atom stereocenters. The highest BCUT2D eigenvalue weighted by atomic mass is 16.6. The predicted octanol–water partition coefficient (Wildman–Crippen LogP) is 1.41. The number of hydrogen-bond acceptors (Lipinski definition) is 4. The van der Waals surface area contributed by atoms with Crippen molar-refractivity contribution in [3.05, 3.63) is 23.8 Å². The largest absolute Gasteiger partial charge is 0.486 e. The van der Waals surface area contributed by atoms with E-state index in [1.54, 1.807) is 4.90 Å². The summed E-state index contributed by atoms with van der Waals surface area (Å²) in [5.74, 6) is 1.67. The monoisotopic (exact) mass is 278 g/mol. The first kappa shape index (κ1) is 14.7. The Morgan fingerprint density at radius 3 is 2.75 bits per heavy atom. The van der Waals surface area contributed by atoms with Crippen LogP contribution in [0.5, 0.6) is 11.5 Å². The number of rotatable bonds is 5. The molecule has 1 heterocycles. The quantitative estimate of drug-likeness (QED) is 0.885. The molecule has 110 valence electrons. The summed E-state index contributed by atoms with van der Waals surface area (Å²) in [7, 11) is 1.81. The Morgan fingerprint density at radius 1 is 1.35 bits per heavy atom. The van der Waals surface area contributed by atoms with Crippen LogP contribution in [0.25, 0.3) is 0 Å². The second-order valence-electron chi connectivity index (χ2n) is 4.93. The maximum atomic E-state index is 11.9. The molecule has 0 bridgehead atoms. The summed E-state index contributed by atoms with van der Waals surface area (Å²) in [6.45, 7) is 6.37. The van der Waals surface area contributed by atoms with Crippen LogP contribution in [0.4, 0.5) is 0 Å². The average molecular weight is 278 g/mol. The molecule has 2 rings (SSSR count). The van der Waals surface area contributed by atoms with Crippen molar-refractivity contribution >= 4 is 5.91 Å². The maximum absolute atomic E-state index is 11.9. The molecule has 0 aromatic heterocycles. The Bertz CT molecular complexity index is 476. The van der Waals surface area contributed by atoms with Crippen LogP contribution >= 0.6 is 0 Å². The molecular weight excluding hydrogens is 256 g/mol. The van der Waals surface area contributed by atoms with E-state index in [1.165, 1.54) is 0 Å². The van der Waals surface area contributed by atoms with Gasteiger partial charge in [0.2, 0.25) is 5.91 Å². The van der Waals surface area contributed by atoms with Crippen molar-refractivity contribution in [1.82, 2.24) is 10.2 Å². The Kier molecular flexibility index (Phi) is 4.84. The van der Waals surface area contributed by atoms with Gasteiger partial charge in [-0.05, 0) is 31.5 Å². The lowest BCUT2D eigenvalue weighted by Crippen LogP contribution is -2.42. The fraction of sp³-hybridized carbons (Fsp3) is 0.533. The van der Waals surface area contributed by atoms with Gasteiger partial charge in [-0.2, -0.15) is 0 Å². The molecule has 0 aliphatic carbocycles. The number of likely N-dealkylation sites (N-methyl/N-ethyl adjacent to an activating group) is 1.